The molecule has 0 radical (unpaired) electrons. The summed E-state index contributed by atoms with van der Waals surface area (Å²) in [6, 6.07) is 9.63. The van der Waals surface area contributed by atoms with E-state index >= 15 is 0 Å². The SMILES string of the molecule is CN(CCC#N)C(=O)C1=Cc2ccccc2OC1. The van der Waals surface area contributed by atoms with Crippen molar-refractivity contribution in [3.63, 3.8) is 0 Å². The molecular formula is C14H14N2O2. The third-order valence-electron chi connectivity index (χ3n) is 2.81. The van der Waals surface area contributed by atoms with Crippen LogP contribution in [0.1, 0.15) is 12.0 Å². The summed E-state index contributed by atoms with van der Waals surface area (Å²) < 4.78 is 5.53. The fourth-order valence-electron chi connectivity index (χ4n) is 1.80. The predicted molar refractivity (Wildman–Crippen MR) is 67.8 cm³/mol. The molecule has 0 atom stereocenters. The highest BCUT2D eigenvalue weighted by molar-refractivity contribution is 5.99. The first-order valence-electron chi connectivity index (χ1n) is 5.77. The Bertz CT molecular complexity index is 529. The summed E-state index contributed by atoms with van der Waals surface area (Å²) in [6.07, 6.45) is 2.19. The number of benzene rings is 1. The number of likely N-dealkylation sites (N-methyl/N-ethyl adjacent to an activating group) is 1. The summed E-state index contributed by atoms with van der Waals surface area (Å²) in [5.41, 5.74) is 1.54. The maximum Gasteiger partial charge on any atom is 0.253 e. The fourth-order valence-corrected chi connectivity index (χ4v) is 1.80. The number of carbonyl (C=O) groups excluding carboxylic acids is 1. The van der Waals surface area contributed by atoms with Gasteiger partial charge in [-0.1, -0.05) is 18.2 Å². The predicted octanol–water partition coefficient (Wildman–Crippen LogP) is 1.83. The van der Waals surface area contributed by atoms with Gasteiger partial charge in [-0.05, 0) is 12.1 Å². The summed E-state index contributed by atoms with van der Waals surface area (Å²) in [6.45, 7) is 0.723. The average molecular weight is 242 g/mol. The second-order valence-electron chi connectivity index (χ2n) is 4.13. The highest BCUT2D eigenvalue weighted by atomic mass is 16.5. The van der Waals surface area contributed by atoms with Gasteiger partial charge in [0.05, 0.1) is 18.1 Å². The van der Waals surface area contributed by atoms with E-state index in [1.165, 1.54) is 0 Å². The lowest BCUT2D eigenvalue weighted by Crippen LogP contribution is -2.31. The van der Waals surface area contributed by atoms with Crippen LogP contribution in [0.25, 0.3) is 6.08 Å². The molecule has 92 valence electrons. The number of rotatable bonds is 3. The van der Waals surface area contributed by atoms with Gasteiger partial charge in [0, 0.05) is 19.2 Å². The van der Waals surface area contributed by atoms with E-state index in [2.05, 4.69) is 0 Å². The third kappa shape index (κ3) is 2.51. The van der Waals surface area contributed by atoms with Crippen molar-refractivity contribution >= 4 is 12.0 Å². The third-order valence-corrected chi connectivity index (χ3v) is 2.81. The lowest BCUT2D eigenvalue weighted by Gasteiger charge is -2.21. The molecule has 0 bridgehead atoms. The molecule has 1 aliphatic rings. The molecule has 2 rings (SSSR count). The van der Waals surface area contributed by atoms with Crippen LogP contribution in [0, 0.1) is 11.3 Å². The number of para-hydroxylation sites is 1. The number of hydrogen-bond donors (Lipinski definition) is 0. The van der Waals surface area contributed by atoms with Crippen LogP contribution >= 0.6 is 0 Å². The van der Waals surface area contributed by atoms with Gasteiger partial charge in [-0.3, -0.25) is 4.79 Å². The molecule has 1 aromatic carbocycles. The quantitative estimate of drug-likeness (QED) is 0.812. The largest absolute Gasteiger partial charge is 0.488 e. The van der Waals surface area contributed by atoms with Crippen molar-refractivity contribution in [1.82, 2.24) is 4.90 Å². The van der Waals surface area contributed by atoms with Gasteiger partial charge in [-0.25, -0.2) is 0 Å². The second-order valence-corrected chi connectivity index (χ2v) is 4.13. The smallest absolute Gasteiger partial charge is 0.253 e. The van der Waals surface area contributed by atoms with Crippen molar-refractivity contribution in [3.8, 4) is 11.8 Å². The minimum Gasteiger partial charge on any atom is -0.488 e. The van der Waals surface area contributed by atoms with E-state index in [9.17, 15) is 4.79 Å². The Balaban J connectivity index is 2.14. The van der Waals surface area contributed by atoms with E-state index < -0.39 is 0 Å². The Morgan fingerprint density at radius 3 is 3.06 bits per heavy atom. The Hall–Kier alpha value is -2.28. The Morgan fingerprint density at radius 1 is 1.50 bits per heavy atom. The Labute approximate surface area is 106 Å². The maximum atomic E-state index is 12.1. The minimum absolute atomic E-state index is 0.0836. The van der Waals surface area contributed by atoms with E-state index in [1.54, 1.807) is 11.9 Å². The Kier molecular flexibility index (Phi) is 3.63. The molecular weight excluding hydrogens is 228 g/mol. The van der Waals surface area contributed by atoms with Crippen LogP contribution in [0.2, 0.25) is 0 Å². The maximum absolute atomic E-state index is 12.1. The molecule has 18 heavy (non-hydrogen) atoms. The molecule has 0 aromatic heterocycles. The van der Waals surface area contributed by atoms with Crippen LogP contribution in [0.15, 0.2) is 29.8 Å². The number of nitriles is 1. The van der Waals surface area contributed by atoms with Crippen molar-refractivity contribution in [2.45, 2.75) is 6.42 Å². The second kappa shape index (κ2) is 5.37. The fraction of sp³-hybridized carbons (Fsp3) is 0.286. The van der Waals surface area contributed by atoms with E-state index in [4.69, 9.17) is 10.00 Å². The van der Waals surface area contributed by atoms with Crippen LogP contribution < -0.4 is 4.74 Å². The summed E-state index contributed by atoms with van der Waals surface area (Å²) in [5.74, 6) is 0.716. The molecule has 1 heterocycles. The molecule has 0 fully saturated rings. The first-order valence-corrected chi connectivity index (χ1v) is 5.77. The first-order chi connectivity index (χ1) is 8.72. The Morgan fingerprint density at radius 2 is 2.28 bits per heavy atom. The van der Waals surface area contributed by atoms with Gasteiger partial charge < -0.3 is 9.64 Å². The molecule has 0 saturated heterocycles. The molecule has 1 amide bonds. The summed E-state index contributed by atoms with van der Waals surface area (Å²) in [7, 11) is 1.70. The molecule has 1 aromatic rings. The number of fused-ring (bicyclic) bond motifs is 1. The average Bonchev–Trinajstić information content (AvgIpc) is 2.43. The van der Waals surface area contributed by atoms with Crippen molar-refractivity contribution in [3.05, 3.63) is 35.4 Å². The van der Waals surface area contributed by atoms with Gasteiger partial charge in [-0.15, -0.1) is 0 Å². The van der Waals surface area contributed by atoms with Gasteiger partial charge in [0.2, 0.25) is 0 Å². The number of ether oxygens (including phenoxy) is 1. The van der Waals surface area contributed by atoms with E-state index in [0.717, 1.165) is 11.3 Å². The van der Waals surface area contributed by atoms with Gasteiger partial charge >= 0.3 is 0 Å². The summed E-state index contributed by atoms with van der Waals surface area (Å²) in [4.78, 5) is 13.6. The molecule has 0 N–H and O–H groups in total. The van der Waals surface area contributed by atoms with Crippen LogP contribution in [0.5, 0.6) is 5.75 Å². The highest BCUT2D eigenvalue weighted by Gasteiger charge is 2.19. The van der Waals surface area contributed by atoms with Crippen molar-refractivity contribution in [2.75, 3.05) is 20.2 Å². The van der Waals surface area contributed by atoms with E-state index in [1.807, 2.05) is 36.4 Å². The number of carbonyl (C=O) groups is 1. The lowest BCUT2D eigenvalue weighted by molar-refractivity contribution is -0.126. The van der Waals surface area contributed by atoms with E-state index in [0.29, 0.717) is 18.5 Å². The normalized spacial score (nSPS) is 12.8. The molecule has 0 unspecified atom stereocenters. The zero-order chi connectivity index (χ0) is 13.0. The minimum atomic E-state index is -0.0836. The van der Waals surface area contributed by atoms with Crippen LogP contribution in [0.4, 0.5) is 0 Å². The van der Waals surface area contributed by atoms with Crippen LogP contribution in [0.3, 0.4) is 0 Å². The summed E-state index contributed by atoms with van der Waals surface area (Å²) >= 11 is 0. The molecule has 0 aliphatic carbocycles. The zero-order valence-electron chi connectivity index (χ0n) is 10.2. The lowest BCUT2D eigenvalue weighted by atomic mass is 10.1. The number of amides is 1. The first kappa shape index (κ1) is 12.2. The zero-order valence-corrected chi connectivity index (χ0v) is 10.2. The van der Waals surface area contributed by atoms with Gasteiger partial charge in [-0.2, -0.15) is 5.26 Å². The monoisotopic (exact) mass is 242 g/mol. The highest BCUT2D eigenvalue weighted by Crippen LogP contribution is 2.26. The topological polar surface area (TPSA) is 53.3 Å². The summed E-state index contributed by atoms with van der Waals surface area (Å²) in [5, 5.41) is 8.51. The van der Waals surface area contributed by atoms with Crippen LogP contribution in [-0.4, -0.2) is 31.0 Å². The molecule has 4 heteroatoms. The van der Waals surface area contributed by atoms with Crippen molar-refractivity contribution in [2.24, 2.45) is 0 Å². The molecule has 4 nitrogen and oxygen atoms in total. The van der Waals surface area contributed by atoms with Gasteiger partial charge in [0.15, 0.2) is 0 Å². The van der Waals surface area contributed by atoms with Crippen molar-refractivity contribution < 1.29 is 9.53 Å². The number of hydrogen-bond acceptors (Lipinski definition) is 3. The van der Waals surface area contributed by atoms with Crippen LogP contribution in [-0.2, 0) is 4.79 Å². The molecule has 0 spiro atoms. The standard InChI is InChI=1S/C14H14N2O2/c1-16(8-4-7-15)14(17)12-9-11-5-2-3-6-13(11)18-10-12/h2-3,5-6,9H,4,8,10H2,1H3. The van der Waals surface area contributed by atoms with Gasteiger partial charge in [0.1, 0.15) is 12.4 Å². The molecule has 0 saturated carbocycles. The van der Waals surface area contributed by atoms with E-state index in [-0.39, 0.29) is 12.5 Å². The van der Waals surface area contributed by atoms with Gasteiger partial charge in [0.25, 0.3) is 5.91 Å². The molecule has 1 aliphatic heterocycles. The number of nitrogens with zero attached hydrogens (tertiary/aromatic N) is 2. The van der Waals surface area contributed by atoms with Crippen molar-refractivity contribution in [1.29, 1.82) is 5.26 Å².